The first-order chi connectivity index (χ1) is 10.8. The molecule has 1 atom stereocenters. The highest BCUT2D eigenvalue weighted by Gasteiger charge is 2.42. The summed E-state index contributed by atoms with van der Waals surface area (Å²) in [7, 11) is 0. The Labute approximate surface area is 144 Å². The van der Waals surface area contributed by atoms with Gasteiger partial charge in [0.15, 0.2) is 0 Å². The lowest BCUT2D eigenvalue weighted by Crippen LogP contribution is -2.44. The fourth-order valence-electron chi connectivity index (χ4n) is 3.32. The van der Waals surface area contributed by atoms with Crippen LogP contribution in [0, 0.1) is 5.41 Å². The maximum atomic E-state index is 12.9. The molecule has 1 aromatic rings. The normalized spacial score (nSPS) is 18.7. The Morgan fingerprint density at radius 1 is 1.26 bits per heavy atom. The first-order valence-electron chi connectivity index (χ1n) is 8.48. The molecule has 1 aromatic carbocycles. The molecule has 0 bridgehead atoms. The molecule has 0 saturated heterocycles. The lowest BCUT2D eigenvalue weighted by Gasteiger charge is -2.30. The topological polar surface area (TPSA) is 49.3 Å². The van der Waals surface area contributed by atoms with Crippen LogP contribution in [0.4, 0.5) is 0 Å². The third-order valence-electron chi connectivity index (χ3n) is 4.99. The Kier molecular flexibility index (Phi) is 5.74. The highest BCUT2D eigenvalue weighted by Crippen LogP contribution is 2.41. The predicted octanol–water partition coefficient (Wildman–Crippen LogP) is 4.07. The molecule has 1 aliphatic carbocycles. The third-order valence-corrected chi connectivity index (χ3v) is 5.24. The Balaban J connectivity index is 2.03. The summed E-state index contributed by atoms with van der Waals surface area (Å²) in [4.78, 5) is 12.9. The van der Waals surface area contributed by atoms with Gasteiger partial charge in [-0.2, -0.15) is 0 Å². The smallest absolute Gasteiger partial charge is 0.230 e. The summed E-state index contributed by atoms with van der Waals surface area (Å²) in [5.41, 5.74) is 0.455. The van der Waals surface area contributed by atoms with Crippen molar-refractivity contribution < 1.29 is 9.90 Å². The molecule has 3 nitrogen and oxygen atoms in total. The van der Waals surface area contributed by atoms with Crippen molar-refractivity contribution in [1.29, 1.82) is 0 Å². The fraction of sp³-hybridized carbons (Fsp3) is 0.632. The van der Waals surface area contributed by atoms with E-state index < -0.39 is 11.5 Å². The molecule has 2 N–H and O–H groups in total. The summed E-state index contributed by atoms with van der Waals surface area (Å²) in [5, 5.41) is 13.8. The Morgan fingerprint density at radius 2 is 1.83 bits per heavy atom. The number of nitrogens with one attached hydrogen (secondary N) is 1. The van der Waals surface area contributed by atoms with Gasteiger partial charge in [-0.1, -0.05) is 57.3 Å². The van der Waals surface area contributed by atoms with Crippen LogP contribution < -0.4 is 5.32 Å². The summed E-state index contributed by atoms with van der Waals surface area (Å²) in [6.45, 7) is 6.52. The molecule has 1 saturated carbocycles. The van der Waals surface area contributed by atoms with Crippen molar-refractivity contribution in [3.8, 4) is 0 Å². The number of aliphatic hydroxyl groups is 1. The zero-order valence-corrected chi connectivity index (χ0v) is 15.1. The van der Waals surface area contributed by atoms with Crippen molar-refractivity contribution in [1.82, 2.24) is 5.32 Å². The number of benzene rings is 1. The number of carbonyl (C=O) groups excluding carboxylic acids is 1. The molecule has 0 spiro atoms. The minimum atomic E-state index is -0.433. The second-order valence-corrected chi connectivity index (χ2v) is 8.16. The van der Waals surface area contributed by atoms with Crippen LogP contribution in [-0.2, 0) is 10.2 Å². The van der Waals surface area contributed by atoms with Gasteiger partial charge in [-0.05, 0) is 42.4 Å². The molecule has 0 radical (unpaired) electrons. The molecule has 128 valence electrons. The second-order valence-electron chi connectivity index (χ2n) is 7.72. The molecule has 1 unspecified atom stereocenters. The van der Waals surface area contributed by atoms with E-state index in [9.17, 15) is 9.90 Å². The van der Waals surface area contributed by atoms with Gasteiger partial charge in [-0.3, -0.25) is 4.79 Å². The number of hydrogen-bond acceptors (Lipinski definition) is 2. The lowest BCUT2D eigenvalue weighted by atomic mass is 9.78. The number of aliphatic hydroxyl groups excluding tert-OH is 1. The van der Waals surface area contributed by atoms with E-state index in [-0.39, 0.29) is 11.3 Å². The maximum absolute atomic E-state index is 12.9. The van der Waals surface area contributed by atoms with Gasteiger partial charge in [0.25, 0.3) is 0 Å². The first kappa shape index (κ1) is 18.3. The first-order valence-corrected chi connectivity index (χ1v) is 8.86. The molecular weight excluding hydrogens is 310 g/mol. The van der Waals surface area contributed by atoms with E-state index in [4.69, 9.17) is 11.6 Å². The third kappa shape index (κ3) is 4.27. The SMILES string of the molecule is CC(C)(C)C(O)CCNC(=O)C1(c2ccc(Cl)cc2)CCCC1. The minimum absolute atomic E-state index is 0.0819. The molecule has 0 aromatic heterocycles. The van der Waals surface area contributed by atoms with Crippen LogP contribution in [0.15, 0.2) is 24.3 Å². The molecule has 4 heteroatoms. The van der Waals surface area contributed by atoms with Gasteiger partial charge in [0.1, 0.15) is 0 Å². The summed E-state index contributed by atoms with van der Waals surface area (Å²) in [5.74, 6) is 0.0819. The van der Waals surface area contributed by atoms with Crippen LogP contribution >= 0.6 is 11.6 Å². The number of hydrogen-bond donors (Lipinski definition) is 2. The Bertz CT molecular complexity index is 527. The van der Waals surface area contributed by atoms with Crippen molar-refractivity contribution in [2.24, 2.45) is 5.41 Å². The highest BCUT2D eigenvalue weighted by molar-refractivity contribution is 6.30. The number of halogens is 1. The molecule has 0 heterocycles. The molecule has 2 rings (SSSR count). The molecule has 0 aliphatic heterocycles. The van der Waals surface area contributed by atoms with E-state index in [1.807, 2.05) is 45.0 Å². The van der Waals surface area contributed by atoms with Crippen LogP contribution in [0.1, 0.15) is 58.4 Å². The van der Waals surface area contributed by atoms with E-state index in [2.05, 4.69) is 5.32 Å². The van der Waals surface area contributed by atoms with E-state index in [1.165, 1.54) is 0 Å². The van der Waals surface area contributed by atoms with Gasteiger partial charge in [0.2, 0.25) is 5.91 Å². The van der Waals surface area contributed by atoms with Crippen LogP contribution in [-0.4, -0.2) is 23.7 Å². The van der Waals surface area contributed by atoms with Crippen LogP contribution in [0.3, 0.4) is 0 Å². The quantitative estimate of drug-likeness (QED) is 0.851. The van der Waals surface area contributed by atoms with Crippen molar-refractivity contribution in [2.75, 3.05) is 6.54 Å². The summed E-state index contributed by atoms with van der Waals surface area (Å²) < 4.78 is 0. The predicted molar refractivity (Wildman–Crippen MR) is 94.7 cm³/mol. The highest BCUT2D eigenvalue weighted by atomic mass is 35.5. The number of carbonyl (C=O) groups is 1. The number of amides is 1. The van der Waals surface area contributed by atoms with Gasteiger partial charge in [0, 0.05) is 11.6 Å². The van der Waals surface area contributed by atoms with Crippen molar-refractivity contribution in [3.05, 3.63) is 34.9 Å². The van der Waals surface area contributed by atoms with Crippen LogP contribution in [0.2, 0.25) is 5.02 Å². The van der Waals surface area contributed by atoms with E-state index in [0.717, 1.165) is 31.2 Å². The fourth-order valence-corrected chi connectivity index (χ4v) is 3.44. The Hall–Kier alpha value is -1.06. The zero-order chi connectivity index (χ0) is 17.1. The standard InChI is InChI=1S/C19H28ClNO2/c1-18(2,3)16(22)10-13-21-17(23)19(11-4-5-12-19)14-6-8-15(20)9-7-14/h6-9,16,22H,4-5,10-13H2,1-3H3,(H,21,23). The van der Waals surface area contributed by atoms with Crippen LogP contribution in [0.5, 0.6) is 0 Å². The Morgan fingerprint density at radius 3 is 2.35 bits per heavy atom. The average molecular weight is 338 g/mol. The zero-order valence-electron chi connectivity index (χ0n) is 14.4. The average Bonchev–Trinajstić information content (AvgIpc) is 2.97. The van der Waals surface area contributed by atoms with Crippen molar-refractivity contribution >= 4 is 17.5 Å². The maximum Gasteiger partial charge on any atom is 0.230 e. The van der Waals surface area contributed by atoms with E-state index >= 15 is 0 Å². The summed E-state index contributed by atoms with van der Waals surface area (Å²) >= 11 is 5.98. The van der Waals surface area contributed by atoms with Crippen LogP contribution in [0.25, 0.3) is 0 Å². The van der Waals surface area contributed by atoms with Gasteiger partial charge in [-0.25, -0.2) is 0 Å². The van der Waals surface area contributed by atoms with Crippen molar-refractivity contribution in [2.45, 2.75) is 64.4 Å². The minimum Gasteiger partial charge on any atom is -0.393 e. The summed E-state index contributed by atoms with van der Waals surface area (Å²) in [6.07, 6.45) is 4.05. The molecule has 1 amide bonds. The molecule has 1 fully saturated rings. The molecule has 23 heavy (non-hydrogen) atoms. The monoisotopic (exact) mass is 337 g/mol. The van der Waals surface area contributed by atoms with Crippen molar-refractivity contribution in [3.63, 3.8) is 0 Å². The van der Waals surface area contributed by atoms with Gasteiger partial charge < -0.3 is 10.4 Å². The molecular formula is C19H28ClNO2. The lowest BCUT2D eigenvalue weighted by molar-refractivity contribution is -0.126. The molecule has 1 aliphatic rings. The second kappa shape index (κ2) is 7.23. The summed E-state index contributed by atoms with van der Waals surface area (Å²) in [6, 6.07) is 7.65. The van der Waals surface area contributed by atoms with E-state index in [0.29, 0.717) is 18.0 Å². The van der Waals surface area contributed by atoms with E-state index in [1.54, 1.807) is 0 Å². The van der Waals surface area contributed by atoms with Gasteiger partial charge >= 0.3 is 0 Å². The largest absolute Gasteiger partial charge is 0.393 e. The van der Waals surface area contributed by atoms with Gasteiger partial charge in [-0.15, -0.1) is 0 Å². The van der Waals surface area contributed by atoms with Gasteiger partial charge in [0.05, 0.1) is 11.5 Å². The number of rotatable bonds is 5.